The molecule has 0 unspecified atom stereocenters. The van der Waals surface area contributed by atoms with Crippen LogP contribution in [-0.4, -0.2) is 10.6 Å². The van der Waals surface area contributed by atoms with Crippen molar-refractivity contribution < 1.29 is 4.42 Å². The van der Waals surface area contributed by atoms with Crippen molar-refractivity contribution in [1.29, 1.82) is 0 Å². The summed E-state index contributed by atoms with van der Waals surface area (Å²) < 4.78 is 7.81. The Kier molecular flexibility index (Phi) is 3.24. The second kappa shape index (κ2) is 5.02. The van der Waals surface area contributed by atoms with Crippen LogP contribution < -0.4 is 5.32 Å². The molecular formula is C15H20N2O. The van der Waals surface area contributed by atoms with Crippen molar-refractivity contribution in [2.45, 2.75) is 45.3 Å². The molecule has 3 rings (SSSR count). The summed E-state index contributed by atoms with van der Waals surface area (Å²) in [6.45, 7) is 4.20. The van der Waals surface area contributed by atoms with Crippen LogP contribution in [0.15, 0.2) is 34.9 Å². The van der Waals surface area contributed by atoms with Gasteiger partial charge >= 0.3 is 0 Å². The summed E-state index contributed by atoms with van der Waals surface area (Å²) in [5.74, 6) is 1.03. The largest absolute Gasteiger partial charge is 0.469 e. The molecule has 2 aromatic rings. The van der Waals surface area contributed by atoms with Gasteiger partial charge in [0.15, 0.2) is 0 Å². The Bertz CT molecular complexity index is 495. The fraction of sp³-hybridized carbons (Fsp3) is 0.467. The molecule has 0 atom stereocenters. The first-order chi connectivity index (χ1) is 8.86. The van der Waals surface area contributed by atoms with Gasteiger partial charge in [0.05, 0.1) is 6.26 Å². The van der Waals surface area contributed by atoms with Crippen LogP contribution >= 0.6 is 0 Å². The van der Waals surface area contributed by atoms with Crippen LogP contribution in [-0.2, 0) is 19.5 Å². The summed E-state index contributed by atoms with van der Waals surface area (Å²) in [7, 11) is 0. The summed E-state index contributed by atoms with van der Waals surface area (Å²) in [6, 6.07) is 9.20. The quantitative estimate of drug-likeness (QED) is 0.846. The highest BCUT2D eigenvalue weighted by molar-refractivity contribution is 5.21. The van der Waals surface area contributed by atoms with Crippen molar-refractivity contribution in [3.63, 3.8) is 0 Å². The minimum absolute atomic E-state index is 0.763. The molecular weight excluding hydrogens is 224 g/mol. The van der Waals surface area contributed by atoms with Crippen LogP contribution in [0.1, 0.15) is 36.9 Å². The van der Waals surface area contributed by atoms with Crippen molar-refractivity contribution in [1.82, 2.24) is 9.88 Å². The molecule has 3 heteroatoms. The molecule has 0 saturated heterocycles. The van der Waals surface area contributed by atoms with Crippen LogP contribution in [0.2, 0.25) is 0 Å². The molecule has 1 fully saturated rings. The predicted octanol–water partition coefficient (Wildman–Crippen LogP) is 2.94. The third-order valence-corrected chi connectivity index (χ3v) is 3.56. The lowest BCUT2D eigenvalue weighted by molar-refractivity contribution is 0.513. The lowest BCUT2D eigenvalue weighted by Gasteiger charge is -2.11. The van der Waals surface area contributed by atoms with Crippen LogP contribution in [0.25, 0.3) is 0 Å². The van der Waals surface area contributed by atoms with Crippen molar-refractivity contribution in [2.24, 2.45) is 0 Å². The molecule has 0 amide bonds. The summed E-state index contributed by atoms with van der Waals surface area (Å²) in [4.78, 5) is 0. The molecule has 1 saturated carbocycles. The van der Waals surface area contributed by atoms with E-state index in [9.17, 15) is 0 Å². The Balaban J connectivity index is 1.72. The summed E-state index contributed by atoms with van der Waals surface area (Å²) in [5.41, 5.74) is 2.71. The number of hydrogen-bond donors (Lipinski definition) is 1. The Morgan fingerprint density at radius 1 is 1.28 bits per heavy atom. The number of nitrogens with zero attached hydrogens (tertiary/aromatic N) is 1. The second-order valence-corrected chi connectivity index (χ2v) is 4.97. The van der Waals surface area contributed by atoms with Crippen molar-refractivity contribution in [2.75, 3.05) is 0 Å². The van der Waals surface area contributed by atoms with Crippen molar-refractivity contribution >= 4 is 0 Å². The number of rotatable bonds is 6. The Labute approximate surface area is 108 Å². The van der Waals surface area contributed by atoms with Crippen LogP contribution in [0, 0.1) is 0 Å². The second-order valence-electron chi connectivity index (χ2n) is 4.97. The van der Waals surface area contributed by atoms with Crippen molar-refractivity contribution in [3.05, 3.63) is 47.7 Å². The summed E-state index contributed by atoms with van der Waals surface area (Å²) in [6.07, 6.45) is 5.30. The molecule has 0 spiro atoms. The number of furan rings is 1. The van der Waals surface area contributed by atoms with E-state index in [4.69, 9.17) is 4.42 Å². The molecule has 18 heavy (non-hydrogen) atoms. The Morgan fingerprint density at radius 3 is 2.78 bits per heavy atom. The molecule has 2 heterocycles. The van der Waals surface area contributed by atoms with Gasteiger partial charge in [-0.2, -0.15) is 0 Å². The van der Waals surface area contributed by atoms with Gasteiger partial charge in [0.25, 0.3) is 0 Å². The minimum atomic E-state index is 0.763. The van der Waals surface area contributed by atoms with E-state index in [1.807, 2.05) is 12.1 Å². The number of hydrogen-bond acceptors (Lipinski definition) is 2. The highest BCUT2D eigenvalue weighted by Crippen LogP contribution is 2.20. The molecule has 0 bridgehead atoms. The molecule has 2 aromatic heterocycles. The van der Waals surface area contributed by atoms with Gasteiger partial charge < -0.3 is 14.3 Å². The topological polar surface area (TPSA) is 30.1 Å². The maximum absolute atomic E-state index is 5.43. The van der Waals surface area contributed by atoms with E-state index in [1.54, 1.807) is 6.26 Å². The molecule has 0 radical (unpaired) electrons. The molecule has 0 aromatic carbocycles. The van der Waals surface area contributed by atoms with Gasteiger partial charge in [-0.3, -0.25) is 0 Å². The van der Waals surface area contributed by atoms with Gasteiger partial charge in [-0.1, -0.05) is 0 Å². The van der Waals surface area contributed by atoms with Crippen molar-refractivity contribution in [3.8, 4) is 0 Å². The maximum Gasteiger partial charge on any atom is 0.109 e. The molecule has 0 aliphatic heterocycles. The highest BCUT2D eigenvalue weighted by atomic mass is 16.3. The predicted molar refractivity (Wildman–Crippen MR) is 71.5 cm³/mol. The Morgan fingerprint density at radius 2 is 2.11 bits per heavy atom. The average Bonchev–Trinajstić information content (AvgIpc) is 2.92. The molecule has 1 aliphatic carbocycles. The van der Waals surface area contributed by atoms with Gasteiger partial charge in [0.2, 0.25) is 0 Å². The van der Waals surface area contributed by atoms with Gasteiger partial charge in [-0.05, 0) is 44.0 Å². The molecule has 1 aliphatic rings. The Hall–Kier alpha value is -1.48. The number of nitrogens with one attached hydrogen (secondary N) is 1. The highest BCUT2D eigenvalue weighted by Gasteiger charge is 2.20. The first-order valence-electron chi connectivity index (χ1n) is 6.80. The normalized spacial score (nSPS) is 15.2. The zero-order chi connectivity index (χ0) is 12.4. The standard InChI is InChI=1S/C15H20N2O/c1-2-17-13(10-15-4-3-9-18-15)7-8-14(17)11-16-12-5-6-12/h3-4,7-9,12,16H,2,5-6,10-11H2,1H3. The fourth-order valence-electron chi connectivity index (χ4n) is 2.40. The summed E-state index contributed by atoms with van der Waals surface area (Å²) >= 11 is 0. The lowest BCUT2D eigenvalue weighted by Crippen LogP contribution is -2.18. The van der Waals surface area contributed by atoms with Gasteiger partial charge in [0, 0.05) is 36.9 Å². The molecule has 96 valence electrons. The minimum Gasteiger partial charge on any atom is -0.469 e. The van der Waals surface area contributed by atoms with E-state index in [-0.39, 0.29) is 0 Å². The molecule has 3 nitrogen and oxygen atoms in total. The van der Waals surface area contributed by atoms with Crippen LogP contribution in [0.3, 0.4) is 0 Å². The van der Waals surface area contributed by atoms with Gasteiger partial charge in [-0.15, -0.1) is 0 Å². The zero-order valence-corrected chi connectivity index (χ0v) is 10.9. The first-order valence-corrected chi connectivity index (χ1v) is 6.80. The molecule has 1 N–H and O–H groups in total. The number of aromatic nitrogens is 1. The van der Waals surface area contributed by atoms with E-state index in [1.165, 1.54) is 24.2 Å². The van der Waals surface area contributed by atoms with E-state index < -0.39 is 0 Å². The van der Waals surface area contributed by atoms with Gasteiger partial charge in [-0.25, -0.2) is 0 Å². The smallest absolute Gasteiger partial charge is 0.109 e. The summed E-state index contributed by atoms with van der Waals surface area (Å²) in [5, 5.41) is 3.58. The van der Waals surface area contributed by atoms with Gasteiger partial charge in [0.1, 0.15) is 5.76 Å². The van der Waals surface area contributed by atoms with Crippen LogP contribution in [0.5, 0.6) is 0 Å². The van der Waals surface area contributed by atoms with E-state index in [0.717, 1.165) is 31.3 Å². The zero-order valence-electron chi connectivity index (χ0n) is 10.9. The third kappa shape index (κ3) is 2.51. The van der Waals surface area contributed by atoms with E-state index in [2.05, 4.69) is 28.9 Å². The SMILES string of the molecule is CCn1c(CNC2CC2)ccc1Cc1ccco1. The fourth-order valence-corrected chi connectivity index (χ4v) is 2.40. The first kappa shape index (κ1) is 11.6. The average molecular weight is 244 g/mol. The van der Waals surface area contributed by atoms with Crippen LogP contribution in [0.4, 0.5) is 0 Å². The monoisotopic (exact) mass is 244 g/mol. The third-order valence-electron chi connectivity index (χ3n) is 3.56. The lowest BCUT2D eigenvalue weighted by atomic mass is 10.2. The van der Waals surface area contributed by atoms with E-state index in [0.29, 0.717) is 0 Å². The van der Waals surface area contributed by atoms with E-state index >= 15 is 0 Å². The maximum atomic E-state index is 5.43.